The third-order valence-corrected chi connectivity index (χ3v) is 7.06. The van der Waals surface area contributed by atoms with Crippen molar-refractivity contribution in [3.05, 3.63) is 64.9 Å². The van der Waals surface area contributed by atoms with Crippen molar-refractivity contribution >= 4 is 26.6 Å². The van der Waals surface area contributed by atoms with Gasteiger partial charge in [0.25, 0.3) is 0 Å². The Kier molecular flexibility index (Phi) is 10.1. The summed E-state index contributed by atoms with van der Waals surface area (Å²) in [5.74, 6) is 1.19. The highest BCUT2D eigenvalue weighted by Crippen LogP contribution is 2.31. The van der Waals surface area contributed by atoms with Crippen molar-refractivity contribution in [1.82, 2.24) is 4.90 Å². The van der Waals surface area contributed by atoms with Gasteiger partial charge in [-0.3, -0.25) is 4.79 Å². The number of nitrogens with zero attached hydrogens (tertiary/aromatic N) is 1. The average molecular weight is 514 g/mol. The van der Waals surface area contributed by atoms with Crippen LogP contribution in [0, 0.1) is 0 Å². The molecule has 1 heterocycles. The third kappa shape index (κ3) is 7.93. The zero-order valence-electron chi connectivity index (χ0n) is 22.0. The summed E-state index contributed by atoms with van der Waals surface area (Å²) in [6.45, 7) is 7.01. The van der Waals surface area contributed by atoms with Crippen molar-refractivity contribution < 1.29 is 22.4 Å². The van der Waals surface area contributed by atoms with Gasteiger partial charge in [0, 0.05) is 30.2 Å². The molecule has 0 saturated heterocycles. The van der Waals surface area contributed by atoms with Gasteiger partial charge in [0.15, 0.2) is 15.6 Å². The van der Waals surface area contributed by atoms with E-state index in [0.29, 0.717) is 46.4 Å². The van der Waals surface area contributed by atoms with Crippen LogP contribution < -0.4 is 4.74 Å². The minimum atomic E-state index is -3.19. The maximum atomic E-state index is 13.6. The summed E-state index contributed by atoms with van der Waals surface area (Å²) in [5.41, 5.74) is 2.32. The van der Waals surface area contributed by atoms with Gasteiger partial charge >= 0.3 is 0 Å². The molecule has 0 aliphatic heterocycles. The van der Waals surface area contributed by atoms with Crippen molar-refractivity contribution in [1.29, 1.82) is 0 Å². The summed E-state index contributed by atoms with van der Waals surface area (Å²) in [5, 5.41) is 0.666. The zero-order valence-corrected chi connectivity index (χ0v) is 22.8. The minimum absolute atomic E-state index is 0.0769. The lowest BCUT2D eigenvalue weighted by Gasteiger charge is -2.16. The maximum Gasteiger partial charge on any atom is 0.197 e. The van der Waals surface area contributed by atoms with Gasteiger partial charge in [-0.25, -0.2) is 8.42 Å². The van der Waals surface area contributed by atoms with Crippen molar-refractivity contribution in [3.8, 4) is 5.75 Å². The fourth-order valence-electron chi connectivity index (χ4n) is 4.26. The SMILES string of the molecule is CCCCc1oc2ccc(CS(C)(=O)=O)cc2c1C(=O)c1ccc(OCCCN(C)CCCC)cc1. The number of furan rings is 1. The van der Waals surface area contributed by atoms with E-state index in [-0.39, 0.29) is 11.5 Å². The summed E-state index contributed by atoms with van der Waals surface area (Å²) in [6.07, 6.45) is 7.08. The van der Waals surface area contributed by atoms with Crippen LogP contribution in [0.1, 0.15) is 73.2 Å². The molecular weight excluding hydrogens is 474 g/mol. The molecule has 0 radical (unpaired) electrons. The largest absolute Gasteiger partial charge is 0.494 e. The Morgan fingerprint density at radius 2 is 1.67 bits per heavy atom. The van der Waals surface area contributed by atoms with E-state index in [1.807, 2.05) is 12.1 Å². The first-order chi connectivity index (χ1) is 17.2. The standard InChI is InChI=1S/C29H39NO5S/c1-5-7-10-27-28(25-20-22(21-36(4,32)33)11-16-26(25)35-27)29(31)23-12-14-24(15-13-23)34-19-9-18-30(3)17-8-6-2/h11-16,20H,5-10,17-19,21H2,1-4H3. The molecule has 0 spiro atoms. The summed E-state index contributed by atoms with van der Waals surface area (Å²) in [6, 6.07) is 12.5. The van der Waals surface area contributed by atoms with Crippen molar-refractivity contribution in [2.75, 3.05) is 33.0 Å². The van der Waals surface area contributed by atoms with E-state index < -0.39 is 9.84 Å². The molecule has 3 rings (SSSR count). The maximum absolute atomic E-state index is 13.6. The molecule has 0 saturated carbocycles. The topological polar surface area (TPSA) is 76.8 Å². The summed E-state index contributed by atoms with van der Waals surface area (Å²) >= 11 is 0. The van der Waals surface area contributed by atoms with Gasteiger partial charge in [0.05, 0.1) is 17.9 Å². The Hall–Kier alpha value is -2.64. The molecule has 0 aliphatic carbocycles. The molecular formula is C29H39NO5S. The van der Waals surface area contributed by atoms with Gasteiger partial charge in [-0.1, -0.05) is 32.8 Å². The van der Waals surface area contributed by atoms with Gasteiger partial charge < -0.3 is 14.1 Å². The second kappa shape index (κ2) is 13.1. The van der Waals surface area contributed by atoms with E-state index in [1.165, 1.54) is 19.1 Å². The van der Waals surface area contributed by atoms with Gasteiger partial charge in [-0.05, 0) is 74.8 Å². The van der Waals surface area contributed by atoms with E-state index in [4.69, 9.17) is 9.15 Å². The van der Waals surface area contributed by atoms with Crippen molar-refractivity contribution in [2.45, 2.75) is 58.1 Å². The molecule has 0 aliphatic rings. The van der Waals surface area contributed by atoms with Crippen molar-refractivity contribution in [2.24, 2.45) is 0 Å². The molecule has 0 N–H and O–H groups in total. The predicted octanol–water partition coefficient (Wildman–Crippen LogP) is 6.05. The van der Waals surface area contributed by atoms with Crippen LogP contribution in [0.3, 0.4) is 0 Å². The second-order valence-electron chi connectivity index (χ2n) is 9.62. The van der Waals surface area contributed by atoms with Crippen LogP contribution in [-0.2, 0) is 22.0 Å². The fourth-order valence-corrected chi connectivity index (χ4v) is 5.05. The fraction of sp³-hybridized carbons (Fsp3) is 0.483. The van der Waals surface area contributed by atoms with E-state index in [1.54, 1.807) is 30.3 Å². The van der Waals surface area contributed by atoms with E-state index in [2.05, 4.69) is 25.8 Å². The quantitative estimate of drug-likeness (QED) is 0.182. The molecule has 36 heavy (non-hydrogen) atoms. The van der Waals surface area contributed by atoms with Crippen LogP contribution >= 0.6 is 0 Å². The number of rotatable bonds is 15. The first-order valence-corrected chi connectivity index (χ1v) is 15.0. The molecule has 6 nitrogen and oxygen atoms in total. The molecule has 1 aromatic heterocycles. The molecule has 7 heteroatoms. The lowest BCUT2D eigenvalue weighted by atomic mass is 9.97. The van der Waals surface area contributed by atoms with Gasteiger partial charge in [0.2, 0.25) is 0 Å². The smallest absolute Gasteiger partial charge is 0.197 e. The van der Waals surface area contributed by atoms with Crippen LogP contribution in [0.5, 0.6) is 5.75 Å². The lowest BCUT2D eigenvalue weighted by molar-refractivity contribution is 0.103. The zero-order chi connectivity index (χ0) is 26.1. The van der Waals surface area contributed by atoms with Crippen LogP contribution in [0.2, 0.25) is 0 Å². The van der Waals surface area contributed by atoms with Crippen LogP contribution in [0.25, 0.3) is 11.0 Å². The highest BCUT2D eigenvalue weighted by molar-refractivity contribution is 7.89. The van der Waals surface area contributed by atoms with Crippen LogP contribution in [0.15, 0.2) is 46.9 Å². The Morgan fingerprint density at radius 1 is 0.972 bits per heavy atom. The molecule has 0 fully saturated rings. The average Bonchev–Trinajstić information content (AvgIpc) is 3.20. The number of aryl methyl sites for hydroxylation is 1. The highest BCUT2D eigenvalue weighted by Gasteiger charge is 2.22. The number of ketones is 1. The lowest BCUT2D eigenvalue weighted by Crippen LogP contribution is -2.22. The van der Waals surface area contributed by atoms with E-state index in [0.717, 1.165) is 38.1 Å². The Balaban J connectivity index is 1.76. The second-order valence-corrected chi connectivity index (χ2v) is 11.8. The minimum Gasteiger partial charge on any atom is -0.494 e. The molecule has 3 aromatic rings. The number of sulfone groups is 1. The normalized spacial score (nSPS) is 11.9. The molecule has 0 unspecified atom stereocenters. The Bertz CT molecular complexity index is 1240. The van der Waals surface area contributed by atoms with Crippen LogP contribution in [0.4, 0.5) is 0 Å². The molecule has 196 valence electrons. The number of fused-ring (bicyclic) bond motifs is 1. The van der Waals surface area contributed by atoms with E-state index >= 15 is 0 Å². The number of hydrogen-bond acceptors (Lipinski definition) is 6. The van der Waals surface area contributed by atoms with E-state index in [9.17, 15) is 13.2 Å². The first kappa shape index (κ1) is 27.9. The van der Waals surface area contributed by atoms with Gasteiger partial charge in [0.1, 0.15) is 17.1 Å². The number of ether oxygens (including phenoxy) is 1. The summed E-state index contributed by atoms with van der Waals surface area (Å²) in [4.78, 5) is 15.9. The number of hydrogen-bond donors (Lipinski definition) is 0. The molecule has 2 aromatic carbocycles. The summed E-state index contributed by atoms with van der Waals surface area (Å²) < 4.78 is 35.6. The number of unbranched alkanes of at least 4 members (excludes halogenated alkanes) is 2. The van der Waals surface area contributed by atoms with Gasteiger partial charge in [-0.2, -0.15) is 0 Å². The number of carbonyl (C=O) groups excluding carboxylic acids is 1. The van der Waals surface area contributed by atoms with Gasteiger partial charge in [-0.15, -0.1) is 0 Å². The highest BCUT2D eigenvalue weighted by atomic mass is 32.2. The molecule has 0 atom stereocenters. The van der Waals surface area contributed by atoms with Crippen LogP contribution in [-0.4, -0.2) is 52.1 Å². The first-order valence-electron chi connectivity index (χ1n) is 12.9. The summed E-state index contributed by atoms with van der Waals surface area (Å²) in [7, 11) is -1.06. The Labute approximate surface area is 215 Å². The number of benzene rings is 2. The molecule has 0 amide bonds. The third-order valence-electron chi connectivity index (χ3n) is 6.20. The molecule has 0 bridgehead atoms. The predicted molar refractivity (Wildman–Crippen MR) is 146 cm³/mol. The Morgan fingerprint density at radius 3 is 2.33 bits per heavy atom. The van der Waals surface area contributed by atoms with Crippen molar-refractivity contribution in [3.63, 3.8) is 0 Å². The number of carbonyl (C=O) groups is 1. The monoisotopic (exact) mass is 513 g/mol.